The second-order valence-electron chi connectivity index (χ2n) is 5.78. The summed E-state index contributed by atoms with van der Waals surface area (Å²) in [6.07, 6.45) is 0. The van der Waals surface area contributed by atoms with Crippen LogP contribution in [0.1, 0.15) is 37.2 Å². The van der Waals surface area contributed by atoms with E-state index in [9.17, 15) is 4.79 Å². The van der Waals surface area contributed by atoms with Gasteiger partial charge in [-0.05, 0) is 57.3 Å². The van der Waals surface area contributed by atoms with Crippen LogP contribution in [0, 0.1) is 0 Å². The van der Waals surface area contributed by atoms with Crippen molar-refractivity contribution in [3.05, 3.63) is 48.0 Å². The summed E-state index contributed by atoms with van der Waals surface area (Å²) < 4.78 is 2.33. The van der Waals surface area contributed by atoms with Crippen LogP contribution in [0.25, 0.3) is 21.8 Å². The molecule has 3 aromatic rings. The zero-order valence-electron chi connectivity index (χ0n) is 14.0. The van der Waals surface area contributed by atoms with Crippen molar-refractivity contribution in [3.63, 3.8) is 0 Å². The molecule has 5 nitrogen and oxygen atoms in total. The maximum atomic E-state index is 11.6. The van der Waals surface area contributed by atoms with E-state index in [0.717, 1.165) is 10.9 Å². The van der Waals surface area contributed by atoms with Crippen LogP contribution < -0.4 is 17.0 Å². The Kier molecular flexibility index (Phi) is 5.54. The van der Waals surface area contributed by atoms with Crippen molar-refractivity contribution < 1.29 is 4.79 Å². The summed E-state index contributed by atoms with van der Waals surface area (Å²) in [5.74, 6) is 4.77. The zero-order chi connectivity index (χ0) is 17.9. The van der Waals surface area contributed by atoms with Gasteiger partial charge in [-0.1, -0.05) is 18.2 Å². The Morgan fingerprint density at radius 1 is 1.12 bits per heavy atom. The van der Waals surface area contributed by atoms with Crippen molar-refractivity contribution >= 4 is 44.9 Å². The first-order valence-corrected chi connectivity index (χ1v) is 8.07. The van der Waals surface area contributed by atoms with E-state index in [4.69, 9.17) is 5.73 Å². The molecule has 3 rings (SSSR count). The standard InChI is InChI=1S/C17H17NO.CH5N3S/c1-11(2)18-16-7-5-4-6-14(16)15-10-13(12(3)19)8-9-17(15)18;2-1(5)4-3/h4-11H,1-3H3;3H2,(H3,2,4,5). The van der Waals surface area contributed by atoms with E-state index in [1.807, 2.05) is 23.6 Å². The van der Waals surface area contributed by atoms with Crippen LogP contribution in [0.15, 0.2) is 42.5 Å². The lowest BCUT2D eigenvalue weighted by Gasteiger charge is -2.11. The normalized spacial score (nSPS) is 10.5. The number of nitrogens with one attached hydrogen (secondary N) is 1. The van der Waals surface area contributed by atoms with E-state index in [0.29, 0.717) is 6.04 Å². The fraction of sp³-hybridized carbons (Fsp3) is 0.222. The molecule has 0 atom stereocenters. The first kappa shape index (κ1) is 17.9. The topological polar surface area (TPSA) is 86.1 Å². The molecule has 1 heterocycles. The van der Waals surface area contributed by atoms with Crippen LogP contribution >= 0.6 is 12.2 Å². The fourth-order valence-electron chi connectivity index (χ4n) is 2.78. The number of Topliss-reactive ketones (excluding diaryl/α,β-unsaturated/α-hetero) is 1. The number of aromatic nitrogens is 1. The van der Waals surface area contributed by atoms with E-state index in [1.165, 1.54) is 16.4 Å². The highest BCUT2D eigenvalue weighted by Gasteiger charge is 2.13. The highest BCUT2D eigenvalue weighted by molar-refractivity contribution is 7.80. The number of hydrogen-bond donors (Lipinski definition) is 3. The Morgan fingerprint density at radius 2 is 1.71 bits per heavy atom. The second kappa shape index (κ2) is 7.42. The predicted octanol–water partition coefficient (Wildman–Crippen LogP) is 3.27. The summed E-state index contributed by atoms with van der Waals surface area (Å²) in [4.78, 5) is 11.6. The summed E-state index contributed by atoms with van der Waals surface area (Å²) in [5, 5.41) is 2.50. The highest BCUT2D eigenvalue weighted by Crippen LogP contribution is 2.32. The molecule has 0 saturated carbocycles. The van der Waals surface area contributed by atoms with Gasteiger partial charge in [0.15, 0.2) is 10.9 Å². The summed E-state index contributed by atoms with van der Waals surface area (Å²) in [6.45, 7) is 5.98. The van der Waals surface area contributed by atoms with Crippen molar-refractivity contribution in [1.29, 1.82) is 0 Å². The monoisotopic (exact) mass is 342 g/mol. The summed E-state index contributed by atoms with van der Waals surface area (Å²) in [7, 11) is 0. The molecule has 1 aromatic heterocycles. The van der Waals surface area contributed by atoms with Gasteiger partial charge in [0.25, 0.3) is 0 Å². The van der Waals surface area contributed by atoms with Crippen LogP contribution in [-0.4, -0.2) is 15.5 Å². The van der Waals surface area contributed by atoms with Crippen molar-refractivity contribution in [2.45, 2.75) is 26.8 Å². The van der Waals surface area contributed by atoms with Gasteiger partial charge in [0.1, 0.15) is 0 Å². The third-order valence-corrected chi connectivity index (χ3v) is 3.89. The van der Waals surface area contributed by atoms with E-state index in [2.05, 4.69) is 60.7 Å². The Bertz CT molecular complexity index is 899. The molecule has 6 heteroatoms. The van der Waals surface area contributed by atoms with Crippen molar-refractivity contribution in [1.82, 2.24) is 9.99 Å². The van der Waals surface area contributed by atoms with Gasteiger partial charge in [-0.2, -0.15) is 0 Å². The molecule has 0 unspecified atom stereocenters. The number of hydrogen-bond acceptors (Lipinski definition) is 3. The van der Waals surface area contributed by atoms with Gasteiger partial charge in [-0.15, -0.1) is 0 Å². The largest absolute Gasteiger partial charge is 0.375 e. The van der Waals surface area contributed by atoms with Crippen molar-refractivity contribution in [2.75, 3.05) is 0 Å². The molecule has 0 bridgehead atoms. The molecule has 0 amide bonds. The number of para-hydroxylation sites is 1. The van der Waals surface area contributed by atoms with Gasteiger partial charge in [0, 0.05) is 33.4 Å². The minimum absolute atomic E-state index is 0.114. The Hall–Kier alpha value is -2.44. The molecule has 5 N–H and O–H groups in total. The Labute approximate surface area is 146 Å². The van der Waals surface area contributed by atoms with Gasteiger partial charge in [-0.25, -0.2) is 5.84 Å². The van der Waals surface area contributed by atoms with E-state index in [-0.39, 0.29) is 10.9 Å². The molecule has 126 valence electrons. The van der Waals surface area contributed by atoms with Crippen LogP contribution in [0.2, 0.25) is 0 Å². The molecule has 0 aliphatic rings. The molecule has 0 radical (unpaired) electrons. The van der Waals surface area contributed by atoms with Crippen LogP contribution in [0.3, 0.4) is 0 Å². The third-order valence-electron chi connectivity index (χ3n) is 3.78. The number of rotatable bonds is 2. The molecule has 0 aliphatic heterocycles. The minimum atomic E-state index is 0.114. The van der Waals surface area contributed by atoms with Gasteiger partial charge in [0.05, 0.1) is 0 Å². The Morgan fingerprint density at radius 3 is 2.25 bits per heavy atom. The first-order chi connectivity index (χ1) is 11.4. The fourth-order valence-corrected chi connectivity index (χ4v) is 2.78. The number of nitrogens with two attached hydrogens (primary N) is 2. The van der Waals surface area contributed by atoms with Gasteiger partial charge in [-0.3, -0.25) is 4.79 Å². The molecule has 24 heavy (non-hydrogen) atoms. The number of ketones is 1. The van der Waals surface area contributed by atoms with Gasteiger partial charge in [0.2, 0.25) is 0 Å². The number of fused-ring (bicyclic) bond motifs is 3. The maximum Gasteiger partial charge on any atom is 0.177 e. The number of hydrazine groups is 1. The molecule has 0 fully saturated rings. The predicted molar refractivity (Wildman–Crippen MR) is 104 cm³/mol. The summed E-state index contributed by atoms with van der Waals surface area (Å²) in [5.41, 5.74) is 10.0. The molecular formula is C18H22N4OS. The van der Waals surface area contributed by atoms with E-state index >= 15 is 0 Å². The lowest BCUT2D eigenvalue weighted by atomic mass is 10.1. The lowest BCUT2D eigenvalue weighted by Crippen LogP contribution is -2.34. The van der Waals surface area contributed by atoms with Crippen LogP contribution in [0.4, 0.5) is 0 Å². The number of carbonyl (C=O) groups is 1. The number of benzene rings is 2. The maximum absolute atomic E-state index is 11.6. The van der Waals surface area contributed by atoms with Gasteiger partial charge >= 0.3 is 0 Å². The van der Waals surface area contributed by atoms with Gasteiger partial charge < -0.3 is 15.7 Å². The van der Waals surface area contributed by atoms with Crippen molar-refractivity contribution in [2.24, 2.45) is 11.6 Å². The molecule has 0 saturated heterocycles. The van der Waals surface area contributed by atoms with Crippen molar-refractivity contribution in [3.8, 4) is 0 Å². The summed E-state index contributed by atoms with van der Waals surface area (Å²) in [6, 6.07) is 14.8. The van der Waals surface area contributed by atoms with Crippen LogP contribution in [0.5, 0.6) is 0 Å². The second-order valence-corrected chi connectivity index (χ2v) is 6.22. The van der Waals surface area contributed by atoms with E-state index in [1.54, 1.807) is 6.92 Å². The average molecular weight is 342 g/mol. The SMILES string of the molecule is CC(=O)c1ccc2c(c1)c1ccccc1n2C(C)C.NNC(N)=S. The quantitative estimate of drug-likeness (QED) is 0.288. The number of carbonyl (C=O) groups excluding carboxylic acids is 1. The first-order valence-electron chi connectivity index (χ1n) is 7.66. The summed E-state index contributed by atoms with van der Waals surface area (Å²) >= 11 is 4.24. The van der Waals surface area contributed by atoms with Crippen LogP contribution in [-0.2, 0) is 0 Å². The number of nitrogens with zero attached hydrogens (tertiary/aromatic N) is 1. The lowest BCUT2D eigenvalue weighted by molar-refractivity contribution is 0.101. The molecule has 2 aromatic carbocycles. The molecule has 0 aliphatic carbocycles. The highest BCUT2D eigenvalue weighted by atomic mass is 32.1. The van der Waals surface area contributed by atoms with E-state index < -0.39 is 0 Å². The zero-order valence-corrected chi connectivity index (χ0v) is 14.9. The molecular weight excluding hydrogens is 320 g/mol. The Balaban J connectivity index is 0.000000368. The smallest absolute Gasteiger partial charge is 0.177 e. The average Bonchev–Trinajstić information content (AvgIpc) is 2.89. The number of thiocarbonyl (C=S) groups is 1. The third kappa shape index (κ3) is 3.55. The minimum Gasteiger partial charge on any atom is -0.375 e. The molecule has 0 spiro atoms.